The van der Waals surface area contributed by atoms with Crippen LogP contribution in [0.25, 0.3) is 11.0 Å². The Labute approximate surface area is 122 Å². The van der Waals surface area contributed by atoms with Gasteiger partial charge >= 0.3 is 0 Å². The average molecular weight is 347 g/mol. The van der Waals surface area contributed by atoms with Crippen molar-refractivity contribution in [1.29, 1.82) is 0 Å². The van der Waals surface area contributed by atoms with Gasteiger partial charge in [0.05, 0.1) is 11.0 Å². The summed E-state index contributed by atoms with van der Waals surface area (Å²) >= 11 is 8.77. The van der Waals surface area contributed by atoms with Gasteiger partial charge in [0.2, 0.25) is 0 Å². The molecule has 1 N–H and O–H groups in total. The minimum atomic E-state index is -0.781. The van der Waals surface area contributed by atoms with Gasteiger partial charge in [0, 0.05) is 33.3 Å². The molecule has 0 amide bonds. The minimum absolute atomic E-state index is 0.187. The number of aromatic amines is 1. The summed E-state index contributed by atoms with van der Waals surface area (Å²) in [5.41, 5.74) is 2.12. The third-order valence-electron chi connectivity index (χ3n) is 3.06. The average Bonchev–Trinajstić information content (AvgIpc) is 2.60. The molecule has 2 unspecified atom stereocenters. The largest absolute Gasteiger partial charge is 0.331 e. The molecular weight excluding hydrogens is 332 g/mol. The van der Waals surface area contributed by atoms with Gasteiger partial charge in [-0.3, -0.25) is 4.21 Å². The molecule has 18 heavy (non-hydrogen) atoms. The van der Waals surface area contributed by atoms with Crippen LogP contribution in [-0.2, 0) is 17.3 Å². The highest BCUT2D eigenvalue weighted by molar-refractivity contribution is 9.10. The molecule has 0 fully saturated rings. The molecule has 1 heterocycles. The Hall–Kier alpha value is -0.460. The smallest absolute Gasteiger partial charge is 0.178 e. The number of benzene rings is 1. The molecule has 0 bridgehead atoms. The number of nitrogens with zero attached hydrogens (tertiary/aromatic N) is 1. The van der Waals surface area contributed by atoms with Gasteiger partial charge in [0.15, 0.2) is 4.77 Å². The Balaban J connectivity index is 2.31. The van der Waals surface area contributed by atoms with Crippen LogP contribution in [0, 0.1) is 4.77 Å². The van der Waals surface area contributed by atoms with Crippen LogP contribution in [-0.4, -0.2) is 25.3 Å². The van der Waals surface area contributed by atoms with Crippen molar-refractivity contribution in [2.45, 2.75) is 25.1 Å². The van der Waals surface area contributed by atoms with Gasteiger partial charge in [0.1, 0.15) is 0 Å². The molecule has 0 aliphatic heterocycles. The lowest BCUT2D eigenvalue weighted by atomic mass is 10.3. The van der Waals surface area contributed by atoms with Crippen LogP contribution in [0.1, 0.15) is 13.3 Å². The fourth-order valence-corrected chi connectivity index (χ4v) is 2.93. The summed E-state index contributed by atoms with van der Waals surface area (Å²) in [5, 5.41) is 0.187. The van der Waals surface area contributed by atoms with Crippen LogP contribution in [0.2, 0.25) is 0 Å². The van der Waals surface area contributed by atoms with Gasteiger partial charge in [-0.2, -0.15) is 0 Å². The lowest BCUT2D eigenvalue weighted by Crippen LogP contribution is -2.12. The first kappa shape index (κ1) is 14.0. The van der Waals surface area contributed by atoms with Gasteiger partial charge in [-0.25, -0.2) is 0 Å². The summed E-state index contributed by atoms with van der Waals surface area (Å²) < 4.78 is 15.2. The zero-order chi connectivity index (χ0) is 13.3. The number of aromatic nitrogens is 2. The number of hydrogen-bond acceptors (Lipinski definition) is 2. The van der Waals surface area contributed by atoms with Crippen LogP contribution in [0.5, 0.6) is 0 Å². The molecule has 1 aromatic carbocycles. The monoisotopic (exact) mass is 346 g/mol. The molecule has 0 saturated heterocycles. The molecule has 1 aromatic heterocycles. The van der Waals surface area contributed by atoms with E-state index < -0.39 is 10.8 Å². The molecule has 0 aliphatic rings. The Morgan fingerprint density at radius 1 is 1.56 bits per heavy atom. The van der Waals surface area contributed by atoms with Crippen molar-refractivity contribution in [1.82, 2.24) is 9.55 Å². The van der Waals surface area contributed by atoms with E-state index in [2.05, 4.69) is 25.5 Å². The van der Waals surface area contributed by atoms with Crippen molar-refractivity contribution in [2.24, 2.45) is 0 Å². The normalized spacial score (nSPS) is 14.8. The van der Waals surface area contributed by atoms with E-state index in [0.717, 1.165) is 33.2 Å². The zero-order valence-corrected chi connectivity index (χ0v) is 13.5. The number of rotatable bonds is 4. The van der Waals surface area contributed by atoms with Crippen molar-refractivity contribution in [3.8, 4) is 0 Å². The van der Waals surface area contributed by atoms with Crippen LogP contribution in [0.3, 0.4) is 0 Å². The Morgan fingerprint density at radius 3 is 2.94 bits per heavy atom. The van der Waals surface area contributed by atoms with Gasteiger partial charge < -0.3 is 9.55 Å². The fraction of sp³-hybridized carbons (Fsp3) is 0.417. The highest BCUT2D eigenvalue weighted by Crippen LogP contribution is 2.20. The molecule has 2 aromatic rings. The second kappa shape index (κ2) is 5.67. The predicted octanol–water partition coefficient (Wildman–Crippen LogP) is 3.62. The molecule has 3 nitrogen and oxygen atoms in total. The molecule has 0 spiro atoms. The first-order chi connectivity index (χ1) is 8.49. The van der Waals surface area contributed by atoms with Crippen molar-refractivity contribution in [3.63, 3.8) is 0 Å². The highest BCUT2D eigenvalue weighted by Gasteiger charge is 2.09. The first-order valence-electron chi connectivity index (χ1n) is 5.69. The number of nitrogens with one attached hydrogen (secondary N) is 1. The second-order valence-electron chi connectivity index (χ2n) is 4.34. The van der Waals surface area contributed by atoms with E-state index in [1.807, 2.05) is 25.1 Å². The summed E-state index contributed by atoms with van der Waals surface area (Å²) in [5.74, 6) is 0. The van der Waals surface area contributed by atoms with Crippen molar-refractivity contribution < 1.29 is 4.21 Å². The van der Waals surface area contributed by atoms with Crippen LogP contribution >= 0.6 is 28.1 Å². The minimum Gasteiger partial charge on any atom is -0.331 e. The molecule has 2 rings (SSSR count). The summed E-state index contributed by atoms with van der Waals surface area (Å²) in [6.45, 7) is 2.80. The van der Waals surface area contributed by atoms with Gasteiger partial charge in [-0.1, -0.05) is 22.9 Å². The fourth-order valence-electron chi connectivity index (χ4n) is 1.83. The number of aryl methyl sites for hydroxylation is 1. The van der Waals surface area contributed by atoms with Crippen molar-refractivity contribution in [2.75, 3.05) is 6.26 Å². The maximum Gasteiger partial charge on any atom is 0.178 e. The summed E-state index contributed by atoms with van der Waals surface area (Å²) in [7, 11) is -0.781. The summed E-state index contributed by atoms with van der Waals surface area (Å²) in [6.07, 6.45) is 2.61. The van der Waals surface area contributed by atoms with E-state index >= 15 is 0 Å². The first-order valence-corrected chi connectivity index (χ1v) is 8.51. The third-order valence-corrected chi connectivity index (χ3v) is 5.25. The van der Waals surface area contributed by atoms with Crippen LogP contribution < -0.4 is 0 Å². The SMILES string of the molecule is CC(CCn1c(=S)[nH]c2cc(Br)ccc21)S(C)=O. The molecule has 0 saturated carbocycles. The van der Waals surface area contributed by atoms with E-state index in [1.54, 1.807) is 6.26 Å². The maximum absolute atomic E-state index is 11.4. The summed E-state index contributed by atoms with van der Waals surface area (Å²) in [6, 6.07) is 6.06. The second-order valence-corrected chi connectivity index (χ2v) is 7.45. The number of fused-ring (bicyclic) bond motifs is 1. The number of H-pyrrole nitrogens is 1. The number of halogens is 1. The van der Waals surface area contributed by atoms with E-state index in [0.29, 0.717) is 0 Å². The molecule has 0 aliphatic carbocycles. The lowest BCUT2D eigenvalue weighted by molar-refractivity contribution is 0.625. The lowest BCUT2D eigenvalue weighted by Gasteiger charge is -2.09. The predicted molar refractivity (Wildman–Crippen MR) is 83.0 cm³/mol. The maximum atomic E-state index is 11.4. The van der Waals surface area contributed by atoms with E-state index in [9.17, 15) is 4.21 Å². The Kier molecular flexibility index (Phi) is 4.40. The Morgan fingerprint density at radius 2 is 2.28 bits per heavy atom. The molecule has 98 valence electrons. The molecule has 2 atom stereocenters. The van der Waals surface area contributed by atoms with Crippen LogP contribution in [0.15, 0.2) is 22.7 Å². The number of hydrogen-bond donors (Lipinski definition) is 1. The Bertz CT molecular complexity index is 647. The van der Waals surface area contributed by atoms with Gasteiger partial charge in [-0.05, 0) is 36.8 Å². The third kappa shape index (κ3) is 2.92. The molecule has 6 heteroatoms. The van der Waals surface area contributed by atoms with Crippen molar-refractivity contribution in [3.05, 3.63) is 27.4 Å². The van der Waals surface area contributed by atoms with Crippen LogP contribution in [0.4, 0.5) is 0 Å². The standard InChI is InChI=1S/C12H15BrN2OS2/c1-8(18(2)16)5-6-15-11-4-3-9(13)7-10(11)14-12(15)17/h3-4,7-8H,5-6H2,1-2H3,(H,14,17). The molecule has 0 radical (unpaired) electrons. The van der Waals surface area contributed by atoms with E-state index in [1.165, 1.54) is 0 Å². The van der Waals surface area contributed by atoms with Crippen molar-refractivity contribution >= 4 is 50.0 Å². The molecular formula is C12H15BrN2OS2. The zero-order valence-electron chi connectivity index (χ0n) is 10.3. The topological polar surface area (TPSA) is 37.8 Å². The van der Waals surface area contributed by atoms with Gasteiger partial charge in [-0.15, -0.1) is 0 Å². The summed E-state index contributed by atoms with van der Waals surface area (Å²) in [4.78, 5) is 3.19. The van der Waals surface area contributed by atoms with Gasteiger partial charge in [0.25, 0.3) is 0 Å². The van der Waals surface area contributed by atoms with E-state index in [-0.39, 0.29) is 5.25 Å². The number of imidazole rings is 1. The quantitative estimate of drug-likeness (QED) is 0.858. The van der Waals surface area contributed by atoms with E-state index in [4.69, 9.17) is 12.2 Å². The highest BCUT2D eigenvalue weighted by atomic mass is 79.9.